The van der Waals surface area contributed by atoms with Crippen LogP contribution in [0.1, 0.15) is 20.7 Å². The van der Waals surface area contributed by atoms with Crippen LogP contribution in [0.15, 0.2) is 42.7 Å². The summed E-state index contributed by atoms with van der Waals surface area (Å²) in [6, 6.07) is 8.56. The molecule has 2 rings (SSSR count). The van der Waals surface area contributed by atoms with Gasteiger partial charge >= 0.3 is 5.97 Å². The van der Waals surface area contributed by atoms with Crippen molar-refractivity contribution in [2.75, 3.05) is 14.1 Å². The van der Waals surface area contributed by atoms with E-state index in [1.807, 2.05) is 6.07 Å². The van der Waals surface area contributed by atoms with Crippen LogP contribution in [-0.2, 0) is 0 Å². The first kappa shape index (κ1) is 13.7. The Morgan fingerprint density at radius 2 is 1.75 bits per heavy atom. The Balaban J connectivity index is 2.43. The van der Waals surface area contributed by atoms with Gasteiger partial charge in [-0.3, -0.25) is 9.78 Å². The lowest BCUT2D eigenvalue weighted by molar-refractivity contribution is 0.0696. The summed E-state index contributed by atoms with van der Waals surface area (Å²) < 4.78 is 0. The summed E-state index contributed by atoms with van der Waals surface area (Å²) >= 11 is 0. The molecule has 1 amide bonds. The number of aromatic nitrogens is 1. The van der Waals surface area contributed by atoms with Gasteiger partial charge in [0.2, 0.25) is 0 Å². The molecule has 1 heterocycles. The maximum absolute atomic E-state index is 11.9. The van der Waals surface area contributed by atoms with E-state index in [4.69, 9.17) is 5.11 Å². The van der Waals surface area contributed by atoms with Crippen LogP contribution in [0.25, 0.3) is 11.1 Å². The second-order valence-corrected chi connectivity index (χ2v) is 4.55. The average molecular weight is 270 g/mol. The first-order chi connectivity index (χ1) is 9.49. The number of carbonyl (C=O) groups is 2. The monoisotopic (exact) mass is 270 g/mol. The van der Waals surface area contributed by atoms with E-state index in [1.165, 1.54) is 17.2 Å². The second kappa shape index (κ2) is 5.52. The summed E-state index contributed by atoms with van der Waals surface area (Å²) in [6.45, 7) is 0. The van der Waals surface area contributed by atoms with Crippen molar-refractivity contribution < 1.29 is 14.7 Å². The first-order valence-corrected chi connectivity index (χ1v) is 5.99. The van der Waals surface area contributed by atoms with E-state index in [9.17, 15) is 9.59 Å². The van der Waals surface area contributed by atoms with Gasteiger partial charge in [0, 0.05) is 37.6 Å². The van der Waals surface area contributed by atoms with Crippen molar-refractivity contribution in [3.05, 3.63) is 53.9 Å². The maximum atomic E-state index is 11.9. The fraction of sp³-hybridized carbons (Fsp3) is 0.133. The third-order valence-electron chi connectivity index (χ3n) is 2.83. The Morgan fingerprint density at radius 3 is 2.40 bits per heavy atom. The van der Waals surface area contributed by atoms with E-state index in [-0.39, 0.29) is 11.5 Å². The summed E-state index contributed by atoms with van der Waals surface area (Å²) in [5, 5.41) is 8.97. The molecule has 5 heteroatoms. The van der Waals surface area contributed by atoms with E-state index in [0.29, 0.717) is 11.1 Å². The molecule has 0 aliphatic carbocycles. The molecule has 0 atom stereocenters. The molecule has 5 nitrogen and oxygen atoms in total. The van der Waals surface area contributed by atoms with Gasteiger partial charge in [-0.2, -0.15) is 0 Å². The second-order valence-electron chi connectivity index (χ2n) is 4.55. The Kier molecular flexibility index (Phi) is 3.79. The van der Waals surface area contributed by atoms with Crippen LogP contribution in [0.3, 0.4) is 0 Å². The predicted molar refractivity (Wildman–Crippen MR) is 74.6 cm³/mol. The van der Waals surface area contributed by atoms with Gasteiger partial charge in [0.1, 0.15) is 0 Å². The molecule has 0 bridgehead atoms. The van der Waals surface area contributed by atoms with Crippen molar-refractivity contribution in [2.24, 2.45) is 0 Å². The minimum Gasteiger partial charge on any atom is -0.478 e. The molecule has 0 fully saturated rings. The number of carboxylic acid groups (broad SMARTS) is 1. The molecule has 0 radical (unpaired) electrons. The molecule has 2 aromatic rings. The van der Waals surface area contributed by atoms with E-state index in [1.54, 1.807) is 38.5 Å². The molecule has 1 N–H and O–H groups in total. The predicted octanol–water partition coefficient (Wildman–Crippen LogP) is 2.15. The molecular weight excluding hydrogens is 256 g/mol. The first-order valence-electron chi connectivity index (χ1n) is 5.99. The molecule has 0 saturated carbocycles. The minimum absolute atomic E-state index is 0.103. The number of carbonyl (C=O) groups excluding carboxylic acids is 1. The summed E-state index contributed by atoms with van der Waals surface area (Å²) in [5.74, 6) is -1.13. The lowest BCUT2D eigenvalue weighted by Crippen LogP contribution is -2.21. The van der Waals surface area contributed by atoms with Crippen molar-refractivity contribution in [1.82, 2.24) is 9.88 Å². The highest BCUT2D eigenvalue weighted by atomic mass is 16.4. The normalized spacial score (nSPS) is 10.1. The number of hydrogen-bond donors (Lipinski definition) is 1. The highest BCUT2D eigenvalue weighted by Crippen LogP contribution is 2.21. The van der Waals surface area contributed by atoms with Crippen LogP contribution in [0.5, 0.6) is 0 Å². The summed E-state index contributed by atoms with van der Waals surface area (Å²) in [7, 11) is 3.36. The van der Waals surface area contributed by atoms with E-state index in [2.05, 4.69) is 4.98 Å². The molecule has 0 saturated heterocycles. The topological polar surface area (TPSA) is 70.5 Å². The molecule has 0 spiro atoms. The van der Waals surface area contributed by atoms with Crippen LogP contribution in [0.2, 0.25) is 0 Å². The smallest absolute Gasteiger partial charge is 0.337 e. The standard InChI is InChI=1S/C15H14N2O3/c1-17(2)14(18)11-5-3-4-10(6-11)12-7-13(15(19)20)9-16-8-12/h3-9H,1-2H3,(H,19,20). The van der Waals surface area contributed by atoms with Gasteiger partial charge in [0.25, 0.3) is 5.91 Å². The average Bonchev–Trinajstić information content (AvgIpc) is 2.46. The van der Waals surface area contributed by atoms with Gasteiger partial charge in [0.15, 0.2) is 0 Å². The van der Waals surface area contributed by atoms with E-state index in [0.717, 1.165) is 5.56 Å². The summed E-state index contributed by atoms with van der Waals surface area (Å²) in [6.07, 6.45) is 2.87. The Labute approximate surface area is 116 Å². The van der Waals surface area contributed by atoms with Crippen molar-refractivity contribution in [1.29, 1.82) is 0 Å². The van der Waals surface area contributed by atoms with Gasteiger partial charge < -0.3 is 10.0 Å². The van der Waals surface area contributed by atoms with Crippen molar-refractivity contribution in [3.8, 4) is 11.1 Å². The summed E-state index contributed by atoms with van der Waals surface area (Å²) in [5.41, 5.74) is 2.09. The molecule has 0 aliphatic rings. The third kappa shape index (κ3) is 2.83. The number of nitrogens with zero attached hydrogens (tertiary/aromatic N) is 2. The molecule has 1 aromatic heterocycles. The van der Waals surface area contributed by atoms with Crippen LogP contribution >= 0.6 is 0 Å². The summed E-state index contributed by atoms with van der Waals surface area (Å²) in [4.78, 5) is 28.3. The number of hydrogen-bond acceptors (Lipinski definition) is 3. The van der Waals surface area contributed by atoms with Crippen LogP contribution in [-0.4, -0.2) is 41.0 Å². The SMILES string of the molecule is CN(C)C(=O)c1cccc(-c2cncc(C(=O)O)c2)c1. The zero-order chi connectivity index (χ0) is 14.7. The Hall–Kier alpha value is -2.69. The number of carboxylic acids is 1. The Bertz CT molecular complexity index is 666. The molecular formula is C15H14N2O3. The zero-order valence-corrected chi connectivity index (χ0v) is 11.2. The third-order valence-corrected chi connectivity index (χ3v) is 2.83. The number of benzene rings is 1. The van der Waals surface area contributed by atoms with Crippen molar-refractivity contribution in [3.63, 3.8) is 0 Å². The lowest BCUT2D eigenvalue weighted by Gasteiger charge is -2.11. The molecule has 0 unspecified atom stereocenters. The van der Waals surface area contributed by atoms with Gasteiger partial charge in [-0.25, -0.2) is 4.79 Å². The quantitative estimate of drug-likeness (QED) is 0.927. The van der Waals surface area contributed by atoms with Crippen LogP contribution < -0.4 is 0 Å². The van der Waals surface area contributed by atoms with Crippen LogP contribution in [0, 0.1) is 0 Å². The van der Waals surface area contributed by atoms with Gasteiger partial charge in [-0.1, -0.05) is 12.1 Å². The molecule has 102 valence electrons. The van der Waals surface area contributed by atoms with E-state index >= 15 is 0 Å². The minimum atomic E-state index is -1.03. The highest BCUT2D eigenvalue weighted by molar-refractivity contribution is 5.95. The molecule has 1 aromatic carbocycles. The van der Waals surface area contributed by atoms with Gasteiger partial charge in [-0.15, -0.1) is 0 Å². The number of rotatable bonds is 3. The van der Waals surface area contributed by atoms with Gasteiger partial charge in [0.05, 0.1) is 5.56 Å². The van der Waals surface area contributed by atoms with Crippen molar-refractivity contribution >= 4 is 11.9 Å². The molecule has 0 aliphatic heterocycles. The fourth-order valence-corrected chi connectivity index (χ4v) is 1.80. The lowest BCUT2D eigenvalue weighted by atomic mass is 10.0. The number of amides is 1. The maximum Gasteiger partial charge on any atom is 0.337 e. The number of pyridine rings is 1. The number of aromatic carboxylic acids is 1. The molecule has 20 heavy (non-hydrogen) atoms. The largest absolute Gasteiger partial charge is 0.478 e. The van der Waals surface area contributed by atoms with E-state index < -0.39 is 5.97 Å². The highest BCUT2D eigenvalue weighted by Gasteiger charge is 2.10. The van der Waals surface area contributed by atoms with Crippen molar-refractivity contribution in [2.45, 2.75) is 0 Å². The zero-order valence-electron chi connectivity index (χ0n) is 11.2. The Morgan fingerprint density at radius 1 is 1.05 bits per heavy atom. The fourth-order valence-electron chi connectivity index (χ4n) is 1.80. The van der Waals surface area contributed by atoms with Crippen LogP contribution in [0.4, 0.5) is 0 Å². The van der Waals surface area contributed by atoms with Gasteiger partial charge in [-0.05, 0) is 23.8 Å².